The van der Waals surface area contributed by atoms with Crippen molar-refractivity contribution in [3.05, 3.63) is 0 Å². The Bertz CT molecular complexity index is 202. The number of alkyl halides is 3. The maximum absolute atomic E-state index is 12.4. The minimum atomic E-state index is -4.11. The lowest BCUT2D eigenvalue weighted by Gasteiger charge is -2.41. The number of hydrogen-bond acceptors (Lipinski definition) is 1. The first-order valence-corrected chi connectivity index (χ1v) is 5.39. The molecular weight excluding hydrogens is 191 g/mol. The molecule has 2 aliphatic rings. The Kier molecular flexibility index (Phi) is 2.73. The topological polar surface area (TPSA) is 3.24 Å². The third-order valence-corrected chi connectivity index (χ3v) is 3.65. The Morgan fingerprint density at radius 1 is 0.929 bits per heavy atom. The number of halogens is 3. The largest absolute Gasteiger partial charge is 0.459 e. The summed E-state index contributed by atoms with van der Waals surface area (Å²) in [7, 11) is 0. The lowest BCUT2D eigenvalue weighted by Crippen LogP contribution is -2.48. The van der Waals surface area contributed by atoms with Crippen molar-refractivity contribution in [1.29, 1.82) is 0 Å². The van der Waals surface area contributed by atoms with Crippen LogP contribution in [0.1, 0.15) is 32.1 Å². The van der Waals surface area contributed by atoms with Gasteiger partial charge in [-0.25, -0.2) is 4.90 Å². The number of rotatable bonds is 0. The molecule has 1 heterocycles. The highest BCUT2D eigenvalue weighted by molar-refractivity contribution is 4.84. The van der Waals surface area contributed by atoms with Crippen LogP contribution < -0.4 is 0 Å². The van der Waals surface area contributed by atoms with Gasteiger partial charge in [0.05, 0.1) is 0 Å². The minimum Gasteiger partial charge on any atom is -0.214 e. The SMILES string of the molecule is FC(F)(F)N1CCC2CCCCC2C1. The van der Waals surface area contributed by atoms with Gasteiger partial charge >= 0.3 is 6.30 Å². The van der Waals surface area contributed by atoms with Gasteiger partial charge in [-0.15, -0.1) is 0 Å². The maximum atomic E-state index is 12.4. The second-order valence-electron chi connectivity index (χ2n) is 4.51. The summed E-state index contributed by atoms with van der Waals surface area (Å²) in [5, 5.41) is 0. The van der Waals surface area contributed by atoms with Gasteiger partial charge in [-0.3, -0.25) is 0 Å². The zero-order chi connectivity index (χ0) is 10.2. The van der Waals surface area contributed by atoms with E-state index in [0.717, 1.165) is 25.7 Å². The van der Waals surface area contributed by atoms with Crippen LogP contribution in [0.15, 0.2) is 0 Å². The molecule has 1 nitrogen and oxygen atoms in total. The van der Waals surface area contributed by atoms with Crippen LogP contribution in [0.3, 0.4) is 0 Å². The van der Waals surface area contributed by atoms with Crippen LogP contribution in [0.4, 0.5) is 13.2 Å². The van der Waals surface area contributed by atoms with Gasteiger partial charge in [-0.05, 0) is 24.7 Å². The Hall–Kier alpha value is -0.250. The summed E-state index contributed by atoms with van der Waals surface area (Å²) in [6.45, 7) is 0.457. The van der Waals surface area contributed by atoms with E-state index in [2.05, 4.69) is 0 Å². The van der Waals surface area contributed by atoms with Crippen LogP contribution in [0.5, 0.6) is 0 Å². The van der Waals surface area contributed by atoms with E-state index in [9.17, 15) is 13.2 Å². The van der Waals surface area contributed by atoms with Crippen molar-refractivity contribution in [1.82, 2.24) is 4.90 Å². The third-order valence-electron chi connectivity index (χ3n) is 3.65. The maximum Gasteiger partial charge on any atom is 0.459 e. The Morgan fingerprint density at radius 3 is 2.21 bits per heavy atom. The van der Waals surface area contributed by atoms with Gasteiger partial charge in [-0.1, -0.05) is 19.3 Å². The van der Waals surface area contributed by atoms with E-state index in [4.69, 9.17) is 0 Å². The molecule has 2 atom stereocenters. The van der Waals surface area contributed by atoms with E-state index in [0.29, 0.717) is 16.7 Å². The predicted molar refractivity (Wildman–Crippen MR) is 47.7 cm³/mol. The molecular formula is C10H16F3N. The van der Waals surface area contributed by atoms with Gasteiger partial charge in [0.15, 0.2) is 0 Å². The van der Waals surface area contributed by atoms with Crippen molar-refractivity contribution in [3.63, 3.8) is 0 Å². The van der Waals surface area contributed by atoms with Gasteiger partial charge in [0, 0.05) is 13.1 Å². The highest BCUT2D eigenvalue weighted by atomic mass is 19.4. The lowest BCUT2D eigenvalue weighted by molar-refractivity contribution is -0.257. The summed E-state index contributed by atoms with van der Waals surface area (Å²) in [5.74, 6) is 0.876. The van der Waals surface area contributed by atoms with Gasteiger partial charge < -0.3 is 0 Å². The van der Waals surface area contributed by atoms with E-state index in [1.807, 2.05) is 0 Å². The van der Waals surface area contributed by atoms with Crippen molar-refractivity contribution >= 4 is 0 Å². The Morgan fingerprint density at radius 2 is 1.57 bits per heavy atom. The fourth-order valence-electron chi connectivity index (χ4n) is 2.83. The smallest absolute Gasteiger partial charge is 0.214 e. The van der Waals surface area contributed by atoms with Crippen molar-refractivity contribution in [3.8, 4) is 0 Å². The zero-order valence-electron chi connectivity index (χ0n) is 8.19. The molecule has 1 aliphatic carbocycles. The normalized spacial score (nSPS) is 35.4. The Balaban J connectivity index is 1.96. The van der Waals surface area contributed by atoms with Gasteiger partial charge in [-0.2, -0.15) is 13.2 Å². The molecule has 1 saturated heterocycles. The van der Waals surface area contributed by atoms with Gasteiger partial charge in [0.1, 0.15) is 0 Å². The van der Waals surface area contributed by atoms with Gasteiger partial charge in [0.25, 0.3) is 0 Å². The molecule has 1 aliphatic heterocycles. The summed E-state index contributed by atoms with van der Waals surface area (Å²) in [6.07, 6.45) is 1.11. The summed E-state index contributed by atoms with van der Waals surface area (Å²) in [4.78, 5) is 0.694. The van der Waals surface area contributed by atoms with E-state index in [1.165, 1.54) is 6.42 Å². The lowest BCUT2D eigenvalue weighted by atomic mass is 9.75. The van der Waals surface area contributed by atoms with Gasteiger partial charge in [0.2, 0.25) is 0 Å². The molecule has 0 bridgehead atoms. The molecule has 4 heteroatoms. The summed E-state index contributed by atoms with van der Waals surface area (Å²) >= 11 is 0. The number of hydrogen-bond donors (Lipinski definition) is 0. The third kappa shape index (κ3) is 2.05. The standard InChI is InChI=1S/C10H16F3N/c11-10(12,13)14-6-5-8-3-1-2-4-9(8)7-14/h8-9H,1-7H2. The van der Waals surface area contributed by atoms with Crippen LogP contribution in [0, 0.1) is 11.8 Å². The van der Waals surface area contributed by atoms with Crippen molar-refractivity contribution in [2.45, 2.75) is 38.4 Å². The van der Waals surface area contributed by atoms with Crippen LogP contribution in [-0.4, -0.2) is 24.3 Å². The number of fused-ring (bicyclic) bond motifs is 1. The second kappa shape index (κ2) is 3.72. The first-order valence-electron chi connectivity index (χ1n) is 5.39. The first-order chi connectivity index (χ1) is 6.57. The molecule has 2 unspecified atom stereocenters. The molecule has 0 aromatic rings. The quantitative estimate of drug-likeness (QED) is 0.552. The number of likely N-dealkylation sites (tertiary alicyclic amines) is 1. The minimum absolute atomic E-state index is 0.213. The molecule has 14 heavy (non-hydrogen) atoms. The first kappa shape index (κ1) is 10.3. The predicted octanol–water partition coefficient (Wildman–Crippen LogP) is 3.02. The molecule has 0 radical (unpaired) electrons. The fourth-order valence-corrected chi connectivity index (χ4v) is 2.83. The molecule has 0 aromatic carbocycles. The average Bonchev–Trinajstić information content (AvgIpc) is 2.16. The van der Waals surface area contributed by atoms with Crippen molar-refractivity contribution in [2.24, 2.45) is 11.8 Å². The highest BCUT2D eigenvalue weighted by Gasteiger charge is 2.42. The molecule has 82 valence electrons. The van der Waals surface area contributed by atoms with Crippen LogP contribution >= 0.6 is 0 Å². The van der Waals surface area contributed by atoms with Crippen molar-refractivity contribution in [2.75, 3.05) is 13.1 Å². The summed E-state index contributed by atoms with van der Waals surface area (Å²) < 4.78 is 37.3. The number of piperidine rings is 1. The van der Waals surface area contributed by atoms with Crippen LogP contribution in [0.2, 0.25) is 0 Å². The fraction of sp³-hybridized carbons (Fsp3) is 1.00. The van der Waals surface area contributed by atoms with E-state index in [1.54, 1.807) is 0 Å². The highest BCUT2D eigenvalue weighted by Crippen LogP contribution is 2.38. The zero-order valence-corrected chi connectivity index (χ0v) is 8.19. The average molecular weight is 207 g/mol. The summed E-state index contributed by atoms with van der Waals surface area (Å²) in [6, 6.07) is 0. The van der Waals surface area contributed by atoms with Crippen molar-refractivity contribution < 1.29 is 13.2 Å². The molecule has 2 rings (SSSR count). The van der Waals surface area contributed by atoms with Crippen LogP contribution in [0.25, 0.3) is 0 Å². The Labute approximate surface area is 82.3 Å². The molecule has 0 aromatic heterocycles. The number of nitrogens with zero attached hydrogens (tertiary/aromatic N) is 1. The van der Waals surface area contributed by atoms with E-state index in [-0.39, 0.29) is 13.1 Å². The monoisotopic (exact) mass is 207 g/mol. The van der Waals surface area contributed by atoms with E-state index >= 15 is 0 Å². The molecule has 0 spiro atoms. The van der Waals surface area contributed by atoms with E-state index < -0.39 is 6.30 Å². The second-order valence-corrected chi connectivity index (χ2v) is 4.51. The summed E-state index contributed by atoms with van der Waals surface area (Å²) in [5.41, 5.74) is 0. The molecule has 1 saturated carbocycles. The molecule has 0 N–H and O–H groups in total. The molecule has 2 fully saturated rings. The molecule has 0 amide bonds. The van der Waals surface area contributed by atoms with Crippen LogP contribution in [-0.2, 0) is 0 Å².